The molecule has 1 aliphatic heterocycles. The summed E-state index contributed by atoms with van der Waals surface area (Å²) in [6.45, 7) is 15.5. The molecule has 4 saturated carbocycles. The molecule has 5 fully saturated rings. The van der Waals surface area contributed by atoms with E-state index in [-0.39, 0.29) is 41.8 Å². The summed E-state index contributed by atoms with van der Waals surface area (Å²) in [4.78, 5) is 24.7. The lowest BCUT2D eigenvalue weighted by molar-refractivity contribution is -0.328. The second-order valence-corrected chi connectivity index (χ2v) is 19.4. The van der Waals surface area contributed by atoms with Gasteiger partial charge in [-0.1, -0.05) is 59.3 Å². The van der Waals surface area contributed by atoms with Crippen LogP contribution in [0.3, 0.4) is 0 Å². The Kier molecular flexibility index (Phi) is 10.7. The summed E-state index contributed by atoms with van der Waals surface area (Å²) in [5.41, 5.74) is -2.47. The average molecular weight is 765 g/mol. The van der Waals surface area contributed by atoms with Crippen molar-refractivity contribution in [2.45, 2.75) is 155 Å². The first kappa shape index (κ1) is 41.7. The minimum Gasteiger partial charge on any atom is -0.479 e. The third kappa shape index (κ3) is 5.73. The molecule has 1 saturated heterocycles. The molecule has 6 rings (SSSR count). The Morgan fingerprint density at radius 2 is 1.57 bits per heavy atom. The topological polar surface area (TPSA) is 224 Å². The van der Waals surface area contributed by atoms with Crippen LogP contribution in [0.25, 0.3) is 0 Å². The molecule has 17 atom stereocenters. The van der Waals surface area contributed by atoms with Crippen molar-refractivity contribution in [2.75, 3.05) is 13.2 Å². The number of carboxylic acids is 1. The van der Waals surface area contributed by atoms with Crippen molar-refractivity contribution >= 4 is 11.9 Å². The molecule has 306 valence electrons. The molecule has 0 spiro atoms. The van der Waals surface area contributed by atoms with E-state index in [0.29, 0.717) is 44.1 Å². The zero-order valence-corrected chi connectivity index (χ0v) is 33.1. The third-order valence-electron chi connectivity index (χ3n) is 16.5. The molecule has 13 heteroatoms. The maximum atomic E-state index is 12.9. The second kappa shape index (κ2) is 13.9. The monoisotopic (exact) mass is 764 g/mol. The quantitative estimate of drug-likeness (QED) is 0.0809. The fourth-order valence-electron chi connectivity index (χ4n) is 12.8. The van der Waals surface area contributed by atoms with Gasteiger partial charge < -0.3 is 55.1 Å². The van der Waals surface area contributed by atoms with Crippen LogP contribution in [-0.4, -0.2) is 121 Å². The van der Waals surface area contributed by atoms with Gasteiger partial charge in [0.25, 0.3) is 0 Å². The van der Waals surface area contributed by atoms with E-state index in [1.54, 1.807) is 19.9 Å². The molecular formula is C41H64O13. The van der Waals surface area contributed by atoms with Crippen LogP contribution in [0.2, 0.25) is 0 Å². The smallest absolute Gasteiger partial charge is 0.335 e. The third-order valence-corrected chi connectivity index (χ3v) is 16.5. The minimum absolute atomic E-state index is 0.0654. The Bertz CT molecular complexity index is 1540. The summed E-state index contributed by atoms with van der Waals surface area (Å²) in [6.07, 6.45) is -4.89. The lowest BCUT2D eigenvalue weighted by Gasteiger charge is -2.72. The summed E-state index contributed by atoms with van der Waals surface area (Å²) in [6, 6.07) is 0. The number of hydrogen-bond donors (Lipinski definition) is 8. The molecule has 0 amide bonds. The van der Waals surface area contributed by atoms with Crippen LogP contribution in [0, 0.1) is 50.2 Å². The zero-order chi connectivity index (χ0) is 40.1. The molecular weight excluding hydrogens is 700 g/mol. The maximum absolute atomic E-state index is 12.9. The standard InChI is InChI=1S/C41H64O13/c1-9-20(2)34(51)52-19-41-22(16-36(3,4)31(47)32(41)48)21-10-11-24-37(5)14-13-26(53-35-29(46)27(44)28(45)30(54-35)33(49)50)38(6,18-42)23(37)12-15-39(24,7)40(21,8)17-25(41)43/h9-10,22-32,35,42-48H,11-19H2,1-8H3,(H,49,50). The van der Waals surface area contributed by atoms with Gasteiger partial charge in [-0.15, -0.1) is 0 Å². The summed E-state index contributed by atoms with van der Waals surface area (Å²) in [7, 11) is 0. The van der Waals surface area contributed by atoms with E-state index in [0.717, 1.165) is 12.0 Å². The van der Waals surface area contributed by atoms with Gasteiger partial charge in [-0.2, -0.15) is 0 Å². The van der Waals surface area contributed by atoms with Crippen molar-refractivity contribution in [1.29, 1.82) is 0 Å². The highest BCUT2D eigenvalue weighted by molar-refractivity contribution is 5.87. The van der Waals surface area contributed by atoms with Crippen LogP contribution < -0.4 is 0 Å². The van der Waals surface area contributed by atoms with Crippen molar-refractivity contribution in [1.82, 2.24) is 0 Å². The molecule has 13 nitrogen and oxygen atoms in total. The molecule has 5 aliphatic carbocycles. The highest BCUT2D eigenvalue weighted by atomic mass is 16.7. The highest BCUT2D eigenvalue weighted by Gasteiger charge is 2.73. The van der Waals surface area contributed by atoms with Crippen molar-refractivity contribution in [3.05, 3.63) is 23.3 Å². The first-order chi connectivity index (χ1) is 25.0. The van der Waals surface area contributed by atoms with Crippen molar-refractivity contribution in [3.8, 4) is 0 Å². The molecule has 0 aromatic rings. The summed E-state index contributed by atoms with van der Waals surface area (Å²) < 4.78 is 17.6. The van der Waals surface area contributed by atoms with E-state index in [1.165, 1.54) is 0 Å². The van der Waals surface area contributed by atoms with E-state index in [4.69, 9.17) is 14.2 Å². The number of fused-ring (bicyclic) bond motifs is 7. The number of allylic oxidation sites excluding steroid dienone is 3. The van der Waals surface area contributed by atoms with E-state index in [1.807, 2.05) is 20.8 Å². The van der Waals surface area contributed by atoms with Gasteiger partial charge in [-0.05, 0) is 98.2 Å². The number of carbonyl (C=O) groups is 2. The lowest BCUT2D eigenvalue weighted by Crippen LogP contribution is -2.72. The minimum atomic E-state index is -1.84. The van der Waals surface area contributed by atoms with Crippen molar-refractivity contribution in [2.24, 2.45) is 50.2 Å². The first-order valence-corrected chi connectivity index (χ1v) is 19.8. The van der Waals surface area contributed by atoms with E-state index < -0.39 is 88.7 Å². The fourth-order valence-corrected chi connectivity index (χ4v) is 12.8. The number of rotatable bonds is 7. The highest BCUT2D eigenvalue weighted by Crippen LogP contribution is 2.76. The maximum Gasteiger partial charge on any atom is 0.335 e. The second-order valence-electron chi connectivity index (χ2n) is 19.4. The van der Waals surface area contributed by atoms with Gasteiger partial charge in [0.05, 0.1) is 36.4 Å². The van der Waals surface area contributed by atoms with Crippen molar-refractivity contribution < 1.29 is 64.7 Å². The Morgan fingerprint density at radius 3 is 2.19 bits per heavy atom. The molecule has 0 aromatic heterocycles. The molecule has 6 aliphatic rings. The molecule has 17 unspecified atom stereocenters. The lowest BCUT2D eigenvalue weighted by atomic mass is 9.33. The summed E-state index contributed by atoms with van der Waals surface area (Å²) >= 11 is 0. The summed E-state index contributed by atoms with van der Waals surface area (Å²) in [5.74, 6) is -2.36. The van der Waals surface area contributed by atoms with Crippen LogP contribution in [0.15, 0.2) is 23.3 Å². The SMILES string of the molecule is CC=C(C)C(=O)OCC12C(O)CC3(C)C(=CCC4C5(C)CCC(OC6OC(C(=O)O)C(O)C(O)C6O)C(C)(CO)C5CCC43C)C1CC(C)(C)C(O)C2O. The predicted octanol–water partition coefficient (Wildman–Crippen LogP) is 2.46. The van der Waals surface area contributed by atoms with Crippen molar-refractivity contribution in [3.63, 3.8) is 0 Å². The molecule has 1 heterocycles. The van der Waals surface area contributed by atoms with E-state index in [2.05, 4.69) is 26.8 Å². The van der Waals surface area contributed by atoms with Crippen LogP contribution >= 0.6 is 0 Å². The van der Waals surface area contributed by atoms with E-state index in [9.17, 15) is 50.4 Å². The predicted molar refractivity (Wildman–Crippen MR) is 194 cm³/mol. The largest absolute Gasteiger partial charge is 0.479 e. The van der Waals surface area contributed by atoms with Gasteiger partial charge in [-0.3, -0.25) is 0 Å². The van der Waals surface area contributed by atoms with E-state index >= 15 is 0 Å². The number of esters is 1. The zero-order valence-electron chi connectivity index (χ0n) is 33.1. The Balaban J connectivity index is 1.34. The van der Waals surface area contributed by atoms with Crippen LogP contribution in [0.1, 0.15) is 100 Å². The molecule has 0 aromatic carbocycles. The van der Waals surface area contributed by atoms with Crippen LogP contribution in [-0.2, 0) is 23.8 Å². The number of hydrogen-bond acceptors (Lipinski definition) is 12. The Morgan fingerprint density at radius 1 is 0.907 bits per heavy atom. The van der Waals surface area contributed by atoms with Crippen LogP contribution in [0.5, 0.6) is 0 Å². The first-order valence-electron chi connectivity index (χ1n) is 19.8. The van der Waals surface area contributed by atoms with Gasteiger partial charge in [0, 0.05) is 11.0 Å². The Labute approximate surface area is 318 Å². The molecule has 8 N–H and O–H groups in total. The Hall–Kier alpha value is -1.94. The average Bonchev–Trinajstić information content (AvgIpc) is 3.11. The molecule has 0 bridgehead atoms. The number of carboxylic acid groups (broad SMARTS) is 1. The number of aliphatic hydroxyl groups excluding tert-OH is 7. The van der Waals surface area contributed by atoms with Gasteiger partial charge in [0.1, 0.15) is 24.9 Å². The van der Waals surface area contributed by atoms with Gasteiger partial charge in [0.2, 0.25) is 0 Å². The number of ether oxygens (including phenoxy) is 3. The molecule has 54 heavy (non-hydrogen) atoms. The normalized spacial score (nSPS) is 51.5. The van der Waals surface area contributed by atoms with Gasteiger partial charge in [0.15, 0.2) is 12.4 Å². The fraction of sp³-hybridized carbons (Fsp3) is 0.854. The number of carbonyl (C=O) groups excluding carboxylic acids is 1. The van der Waals surface area contributed by atoms with Gasteiger partial charge >= 0.3 is 11.9 Å². The van der Waals surface area contributed by atoms with Crippen LogP contribution in [0.4, 0.5) is 0 Å². The summed E-state index contributed by atoms with van der Waals surface area (Å²) in [5, 5.41) is 88.0. The number of aliphatic hydroxyl groups is 7. The van der Waals surface area contributed by atoms with Gasteiger partial charge in [-0.25, -0.2) is 9.59 Å². The number of aliphatic carboxylic acids is 1. The molecule has 0 radical (unpaired) electrons.